The summed E-state index contributed by atoms with van der Waals surface area (Å²) in [5, 5.41) is 11.2. The number of hydrogen-bond acceptors (Lipinski definition) is 7. The molecule has 7 nitrogen and oxygen atoms in total. The highest BCUT2D eigenvalue weighted by atomic mass is 32.2. The first-order valence-electron chi connectivity index (χ1n) is 8.94. The molecule has 3 rings (SSSR count). The highest BCUT2D eigenvalue weighted by molar-refractivity contribution is 7.99. The van der Waals surface area contributed by atoms with E-state index in [1.165, 1.54) is 24.4 Å². The van der Waals surface area contributed by atoms with Crippen molar-refractivity contribution in [3.05, 3.63) is 64.7 Å². The molecule has 29 heavy (non-hydrogen) atoms. The van der Waals surface area contributed by atoms with Gasteiger partial charge < -0.3 is 14.5 Å². The van der Waals surface area contributed by atoms with Gasteiger partial charge in [0.05, 0.1) is 18.4 Å². The van der Waals surface area contributed by atoms with Crippen molar-refractivity contribution in [1.29, 1.82) is 0 Å². The molecule has 0 atom stereocenters. The Morgan fingerprint density at radius 2 is 1.83 bits per heavy atom. The number of rotatable bonds is 7. The number of carbonyl (C=O) groups is 2. The van der Waals surface area contributed by atoms with Gasteiger partial charge in [-0.05, 0) is 54.8 Å². The van der Waals surface area contributed by atoms with Gasteiger partial charge in [0.2, 0.25) is 11.8 Å². The maximum absolute atomic E-state index is 12.1. The second-order valence-corrected chi connectivity index (χ2v) is 7.35. The van der Waals surface area contributed by atoms with Gasteiger partial charge >= 0.3 is 5.97 Å². The minimum absolute atomic E-state index is 0.155. The summed E-state index contributed by atoms with van der Waals surface area (Å²) in [5.41, 5.74) is 4.54. The Hall–Kier alpha value is -3.13. The fourth-order valence-electron chi connectivity index (χ4n) is 2.51. The standard InChI is InChI=1S/C21H21N3O4S/c1-13-4-7-17(10-14(13)2)19-23-24-21(28-19)29-12-18(25)22-11-15-5-8-16(9-6-15)20(26)27-3/h4-10H,11-12H2,1-3H3,(H,22,25). The van der Waals surface area contributed by atoms with E-state index in [1.54, 1.807) is 24.3 Å². The molecule has 2 aromatic carbocycles. The van der Waals surface area contributed by atoms with Crippen molar-refractivity contribution in [2.75, 3.05) is 12.9 Å². The van der Waals surface area contributed by atoms with Crippen molar-refractivity contribution >= 4 is 23.6 Å². The highest BCUT2D eigenvalue weighted by Gasteiger charge is 2.12. The van der Waals surface area contributed by atoms with Crippen LogP contribution in [0.4, 0.5) is 0 Å². The molecule has 0 radical (unpaired) electrons. The van der Waals surface area contributed by atoms with Crippen LogP contribution in [0.25, 0.3) is 11.5 Å². The van der Waals surface area contributed by atoms with Crippen molar-refractivity contribution in [1.82, 2.24) is 15.5 Å². The smallest absolute Gasteiger partial charge is 0.337 e. The molecule has 1 amide bonds. The number of ether oxygens (including phenoxy) is 1. The maximum atomic E-state index is 12.1. The van der Waals surface area contributed by atoms with Gasteiger partial charge in [-0.15, -0.1) is 10.2 Å². The van der Waals surface area contributed by atoms with Gasteiger partial charge in [-0.2, -0.15) is 0 Å². The van der Waals surface area contributed by atoms with Crippen molar-refractivity contribution in [3.8, 4) is 11.5 Å². The first kappa shape index (κ1) is 20.6. The van der Waals surface area contributed by atoms with Crippen LogP contribution in [-0.4, -0.2) is 34.9 Å². The number of methoxy groups -OCH3 is 1. The number of esters is 1. The number of carbonyl (C=O) groups excluding carboxylic acids is 2. The monoisotopic (exact) mass is 411 g/mol. The lowest BCUT2D eigenvalue weighted by molar-refractivity contribution is -0.118. The van der Waals surface area contributed by atoms with E-state index in [9.17, 15) is 9.59 Å². The van der Waals surface area contributed by atoms with Gasteiger partial charge in [-0.1, -0.05) is 30.0 Å². The van der Waals surface area contributed by atoms with E-state index in [4.69, 9.17) is 4.42 Å². The van der Waals surface area contributed by atoms with Crippen LogP contribution in [0, 0.1) is 13.8 Å². The summed E-state index contributed by atoms with van der Waals surface area (Å²) in [6.45, 7) is 4.43. The number of nitrogens with zero attached hydrogens (tertiary/aromatic N) is 2. The summed E-state index contributed by atoms with van der Waals surface area (Å²) in [6, 6.07) is 12.8. The third-order valence-corrected chi connectivity index (χ3v) is 5.17. The lowest BCUT2D eigenvalue weighted by Gasteiger charge is -2.05. The topological polar surface area (TPSA) is 94.3 Å². The Labute approximate surface area is 172 Å². The Bertz CT molecular complexity index is 1020. The van der Waals surface area contributed by atoms with Gasteiger partial charge in [0.15, 0.2) is 0 Å². The lowest BCUT2D eigenvalue weighted by Crippen LogP contribution is -2.24. The Morgan fingerprint density at radius 1 is 1.07 bits per heavy atom. The number of amides is 1. The van der Waals surface area contributed by atoms with E-state index in [0.717, 1.165) is 16.7 Å². The van der Waals surface area contributed by atoms with Crippen LogP contribution in [0.2, 0.25) is 0 Å². The van der Waals surface area contributed by atoms with Crippen LogP contribution in [0.5, 0.6) is 0 Å². The molecule has 1 heterocycles. The summed E-state index contributed by atoms with van der Waals surface area (Å²) in [6.07, 6.45) is 0. The third kappa shape index (κ3) is 5.45. The number of nitrogens with one attached hydrogen (secondary N) is 1. The quantitative estimate of drug-likeness (QED) is 0.469. The van der Waals surface area contributed by atoms with E-state index in [0.29, 0.717) is 23.2 Å². The van der Waals surface area contributed by atoms with Crippen molar-refractivity contribution < 1.29 is 18.7 Å². The second kappa shape index (κ2) is 9.38. The summed E-state index contributed by atoms with van der Waals surface area (Å²) >= 11 is 1.18. The molecule has 8 heteroatoms. The Balaban J connectivity index is 1.49. The number of thioether (sulfide) groups is 1. The molecule has 1 aromatic heterocycles. The molecule has 0 unspecified atom stereocenters. The van der Waals surface area contributed by atoms with Crippen LogP contribution < -0.4 is 5.32 Å². The number of benzene rings is 2. The lowest BCUT2D eigenvalue weighted by atomic mass is 10.1. The zero-order chi connectivity index (χ0) is 20.8. The van der Waals surface area contributed by atoms with Crippen LogP contribution in [0.1, 0.15) is 27.0 Å². The average molecular weight is 411 g/mol. The van der Waals surface area contributed by atoms with E-state index >= 15 is 0 Å². The summed E-state index contributed by atoms with van der Waals surface area (Å²) < 4.78 is 10.3. The van der Waals surface area contributed by atoms with Crippen LogP contribution in [0.3, 0.4) is 0 Å². The van der Waals surface area contributed by atoms with Gasteiger partial charge in [0.25, 0.3) is 5.22 Å². The molecule has 0 aliphatic rings. The second-order valence-electron chi connectivity index (χ2n) is 6.43. The van der Waals surface area contributed by atoms with Crippen LogP contribution in [-0.2, 0) is 16.1 Å². The molecular formula is C21H21N3O4S. The van der Waals surface area contributed by atoms with E-state index in [2.05, 4.69) is 20.3 Å². The van der Waals surface area contributed by atoms with Gasteiger partial charge in [0.1, 0.15) is 0 Å². The summed E-state index contributed by atoms with van der Waals surface area (Å²) in [5.74, 6) is 0.0471. The summed E-state index contributed by atoms with van der Waals surface area (Å²) in [7, 11) is 1.34. The molecule has 0 aliphatic carbocycles. The van der Waals surface area contributed by atoms with Crippen molar-refractivity contribution in [2.45, 2.75) is 25.6 Å². The van der Waals surface area contributed by atoms with Gasteiger partial charge in [0, 0.05) is 12.1 Å². The zero-order valence-electron chi connectivity index (χ0n) is 16.4. The number of aromatic nitrogens is 2. The van der Waals surface area contributed by atoms with E-state index < -0.39 is 5.97 Å². The normalized spacial score (nSPS) is 10.6. The average Bonchev–Trinajstić information content (AvgIpc) is 3.21. The molecule has 0 fully saturated rings. The highest BCUT2D eigenvalue weighted by Crippen LogP contribution is 2.24. The molecule has 0 saturated carbocycles. The fourth-order valence-corrected chi connectivity index (χ4v) is 3.11. The fraction of sp³-hybridized carbons (Fsp3) is 0.238. The van der Waals surface area contributed by atoms with Gasteiger partial charge in [-0.3, -0.25) is 4.79 Å². The van der Waals surface area contributed by atoms with E-state index in [1.807, 2.05) is 32.0 Å². The molecule has 0 bridgehead atoms. The molecule has 1 N–H and O–H groups in total. The largest absolute Gasteiger partial charge is 0.465 e. The zero-order valence-corrected chi connectivity index (χ0v) is 17.2. The van der Waals surface area contributed by atoms with Crippen LogP contribution >= 0.6 is 11.8 Å². The summed E-state index contributed by atoms with van der Waals surface area (Å²) in [4.78, 5) is 23.5. The molecule has 0 aliphatic heterocycles. The SMILES string of the molecule is COC(=O)c1ccc(CNC(=O)CSc2nnc(-c3ccc(C)c(C)c3)o2)cc1. The Kier molecular flexibility index (Phi) is 6.66. The molecule has 0 spiro atoms. The minimum Gasteiger partial charge on any atom is -0.465 e. The predicted molar refractivity (Wildman–Crippen MR) is 110 cm³/mol. The first-order valence-corrected chi connectivity index (χ1v) is 9.92. The van der Waals surface area contributed by atoms with Gasteiger partial charge in [-0.25, -0.2) is 4.79 Å². The third-order valence-electron chi connectivity index (χ3n) is 4.35. The molecule has 0 saturated heterocycles. The maximum Gasteiger partial charge on any atom is 0.337 e. The Morgan fingerprint density at radius 3 is 2.52 bits per heavy atom. The predicted octanol–water partition coefficient (Wildman–Crippen LogP) is 3.55. The molecule has 150 valence electrons. The number of hydrogen-bond donors (Lipinski definition) is 1. The molecular weight excluding hydrogens is 390 g/mol. The molecule has 3 aromatic rings. The van der Waals surface area contributed by atoms with Crippen molar-refractivity contribution in [2.24, 2.45) is 0 Å². The first-order chi connectivity index (χ1) is 14.0. The number of aryl methyl sites for hydroxylation is 2. The van der Waals surface area contributed by atoms with Crippen molar-refractivity contribution in [3.63, 3.8) is 0 Å². The van der Waals surface area contributed by atoms with E-state index in [-0.39, 0.29) is 11.7 Å². The minimum atomic E-state index is -0.392. The van der Waals surface area contributed by atoms with Crippen LogP contribution in [0.15, 0.2) is 52.1 Å².